The smallest absolute Gasteiger partial charge is 0.220 e. The quantitative estimate of drug-likeness (QED) is 0.0206. The summed E-state index contributed by atoms with van der Waals surface area (Å²) in [7, 11) is 0. The predicted molar refractivity (Wildman–Crippen MR) is 328 cm³/mol. The van der Waals surface area contributed by atoms with Gasteiger partial charge in [0.1, 0.15) is 73.2 Å². The maximum atomic E-state index is 13.3. The topological polar surface area (TPSA) is 307 Å². The summed E-state index contributed by atoms with van der Waals surface area (Å²) >= 11 is 0. The first kappa shape index (κ1) is 76.7. The van der Waals surface area contributed by atoms with Crippen LogP contribution >= 0.6 is 0 Å². The van der Waals surface area contributed by atoms with Crippen LogP contribution in [0.3, 0.4) is 0 Å². The van der Waals surface area contributed by atoms with Gasteiger partial charge in [-0.1, -0.05) is 209 Å². The number of allylic oxidation sites excluding steroid dienone is 9. The van der Waals surface area contributed by atoms with E-state index in [1.165, 1.54) is 128 Å². The van der Waals surface area contributed by atoms with Gasteiger partial charge in [-0.05, 0) is 64.2 Å². The lowest BCUT2D eigenvalue weighted by atomic mass is 9.96. The molecule has 17 atom stereocenters. The standard InChI is InChI=1S/C66H117NO18/c1-3-5-7-9-11-13-15-17-18-19-20-21-22-23-24-25-26-27-28-29-30-32-33-35-37-39-41-43-50(71)49(67-54(72)44-42-40-38-36-34-31-16-14-12-10-8-6-4-2)48-80-64-60(78)57(75)62(52(46-69)82-64)85-66-61(79)58(76)63(53(47-70)83-66)84-65-59(77)56(74)55(73)51(45-68)81-65/h6,8,12,14,31,33-35,41,43,49-53,55-66,68-71,73-79H,3-5,7,9-11,13,15-30,32,36-40,42,44-48H2,1-2H3,(H,67,72)/b8-6-,14-12-,34-31-,35-33+,43-41+. The fourth-order valence-corrected chi connectivity index (χ4v) is 10.9. The Morgan fingerprint density at radius 1 is 0.435 bits per heavy atom. The number of hydrogen-bond acceptors (Lipinski definition) is 18. The minimum Gasteiger partial charge on any atom is -0.394 e. The Labute approximate surface area is 509 Å². The molecular formula is C66H117NO18. The summed E-state index contributed by atoms with van der Waals surface area (Å²) in [6.45, 7) is 1.57. The number of aliphatic hydroxyl groups is 11. The van der Waals surface area contributed by atoms with Gasteiger partial charge < -0.3 is 89.9 Å². The van der Waals surface area contributed by atoms with Gasteiger partial charge in [-0.15, -0.1) is 0 Å². The number of nitrogens with one attached hydrogen (secondary N) is 1. The number of carbonyl (C=O) groups excluding carboxylic acids is 1. The molecule has 3 saturated heterocycles. The van der Waals surface area contributed by atoms with Crippen molar-refractivity contribution in [2.75, 3.05) is 26.4 Å². The van der Waals surface area contributed by atoms with Crippen LogP contribution in [0.2, 0.25) is 0 Å². The summed E-state index contributed by atoms with van der Waals surface area (Å²) < 4.78 is 34.2. The molecule has 19 heteroatoms. The van der Waals surface area contributed by atoms with E-state index in [4.69, 9.17) is 28.4 Å². The Kier molecular flexibility index (Phi) is 43.7. The monoisotopic (exact) mass is 1210 g/mol. The molecule has 0 spiro atoms. The minimum atomic E-state index is -1.99. The van der Waals surface area contributed by atoms with E-state index >= 15 is 0 Å². The Hall–Kier alpha value is -2.51. The van der Waals surface area contributed by atoms with Crippen molar-refractivity contribution in [3.8, 4) is 0 Å². The van der Waals surface area contributed by atoms with Crippen LogP contribution in [0.4, 0.5) is 0 Å². The average Bonchev–Trinajstić information content (AvgIpc) is 3.60. The van der Waals surface area contributed by atoms with Crippen molar-refractivity contribution >= 4 is 5.91 Å². The average molecular weight is 1210 g/mol. The molecule has 3 heterocycles. The van der Waals surface area contributed by atoms with E-state index in [0.29, 0.717) is 12.8 Å². The first-order valence-electron chi connectivity index (χ1n) is 33.0. The molecule has 0 radical (unpaired) electrons. The lowest BCUT2D eigenvalue weighted by Gasteiger charge is -2.48. The summed E-state index contributed by atoms with van der Waals surface area (Å²) in [6, 6.07) is -1.01. The Morgan fingerprint density at radius 3 is 1.32 bits per heavy atom. The molecule has 494 valence electrons. The second kappa shape index (κ2) is 48.4. The number of unbranched alkanes of at least 4 members (excludes halogenated alkanes) is 25. The molecule has 3 aliphatic rings. The normalized spacial score (nSPS) is 29.4. The summed E-state index contributed by atoms with van der Waals surface area (Å²) in [4.78, 5) is 13.3. The first-order valence-corrected chi connectivity index (χ1v) is 33.0. The fraction of sp³-hybridized carbons (Fsp3) is 0.833. The Morgan fingerprint density at radius 2 is 0.824 bits per heavy atom. The third-order valence-electron chi connectivity index (χ3n) is 16.3. The molecule has 3 rings (SSSR count). The summed E-state index contributed by atoms with van der Waals surface area (Å²) in [5.74, 6) is -0.316. The van der Waals surface area contributed by atoms with Gasteiger partial charge in [-0.2, -0.15) is 0 Å². The fourth-order valence-electron chi connectivity index (χ4n) is 10.9. The van der Waals surface area contributed by atoms with E-state index < -0.39 is 124 Å². The lowest BCUT2D eigenvalue weighted by molar-refractivity contribution is -0.379. The van der Waals surface area contributed by atoms with Crippen molar-refractivity contribution in [3.63, 3.8) is 0 Å². The van der Waals surface area contributed by atoms with Gasteiger partial charge in [0.15, 0.2) is 18.9 Å². The highest BCUT2D eigenvalue weighted by Gasteiger charge is 2.53. The zero-order valence-corrected chi connectivity index (χ0v) is 51.8. The van der Waals surface area contributed by atoms with Gasteiger partial charge in [0.25, 0.3) is 0 Å². The molecule has 0 aromatic rings. The van der Waals surface area contributed by atoms with Crippen LogP contribution in [-0.2, 0) is 33.2 Å². The van der Waals surface area contributed by atoms with Crippen molar-refractivity contribution in [3.05, 3.63) is 60.8 Å². The van der Waals surface area contributed by atoms with Crippen molar-refractivity contribution < 1.29 is 89.4 Å². The summed E-state index contributed by atoms with van der Waals surface area (Å²) in [5, 5.41) is 120. The third kappa shape index (κ3) is 31.2. The van der Waals surface area contributed by atoms with E-state index in [0.717, 1.165) is 57.8 Å². The molecule has 3 fully saturated rings. The maximum absolute atomic E-state index is 13.3. The number of amides is 1. The molecule has 12 N–H and O–H groups in total. The van der Waals surface area contributed by atoms with Gasteiger partial charge in [-0.3, -0.25) is 4.79 Å². The maximum Gasteiger partial charge on any atom is 0.220 e. The highest BCUT2D eigenvalue weighted by molar-refractivity contribution is 5.76. The molecule has 0 aromatic heterocycles. The number of aliphatic hydroxyl groups excluding tert-OH is 11. The summed E-state index contributed by atoms with van der Waals surface area (Å²) in [6.07, 6.45) is 30.9. The second-order valence-electron chi connectivity index (χ2n) is 23.5. The van der Waals surface area contributed by atoms with Crippen molar-refractivity contribution in [2.45, 2.75) is 324 Å². The van der Waals surface area contributed by atoms with Crippen LogP contribution in [0, 0.1) is 0 Å². The lowest BCUT2D eigenvalue weighted by Crippen LogP contribution is -2.66. The van der Waals surface area contributed by atoms with Crippen LogP contribution < -0.4 is 5.32 Å². The Bertz CT molecular complexity index is 1780. The largest absolute Gasteiger partial charge is 0.394 e. The van der Waals surface area contributed by atoms with E-state index in [9.17, 15) is 61.0 Å². The first-order chi connectivity index (χ1) is 41.3. The van der Waals surface area contributed by atoms with Crippen LogP contribution in [0.25, 0.3) is 0 Å². The zero-order valence-electron chi connectivity index (χ0n) is 51.8. The van der Waals surface area contributed by atoms with E-state index in [1.54, 1.807) is 6.08 Å². The molecule has 19 nitrogen and oxygen atoms in total. The molecule has 0 aliphatic carbocycles. The molecule has 0 aromatic carbocycles. The predicted octanol–water partition coefficient (Wildman–Crippen LogP) is 7.60. The molecule has 17 unspecified atom stereocenters. The summed E-state index contributed by atoms with van der Waals surface area (Å²) in [5.41, 5.74) is 0. The van der Waals surface area contributed by atoms with Gasteiger partial charge in [-0.25, -0.2) is 0 Å². The molecule has 1 amide bonds. The molecule has 85 heavy (non-hydrogen) atoms. The van der Waals surface area contributed by atoms with Gasteiger partial charge in [0.05, 0.1) is 38.6 Å². The van der Waals surface area contributed by atoms with Crippen molar-refractivity contribution in [1.29, 1.82) is 0 Å². The minimum absolute atomic E-state index is 0.198. The van der Waals surface area contributed by atoms with Crippen LogP contribution in [0.1, 0.15) is 219 Å². The second-order valence-corrected chi connectivity index (χ2v) is 23.5. The molecular weight excluding hydrogens is 1090 g/mol. The van der Waals surface area contributed by atoms with Crippen molar-refractivity contribution in [1.82, 2.24) is 5.32 Å². The molecule has 3 aliphatic heterocycles. The highest BCUT2D eigenvalue weighted by Crippen LogP contribution is 2.33. The van der Waals surface area contributed by atoms with Crippen molar-refractivity contribution in [2.24, 2.45) is 0 Å². The van der Waals surface area contributed by atoms with E-state index in [2.05, 4.69) is 67.8 Å². The molecule has 0 bridgehead atoms. The van der Waals surface area contributed by atoms with Gasteiger partial charge in [0.2, 0.25) is 5.91 Å². The highest BCUT2D eigenvalue weighted by atomic mass is 16.8. The SMILES string of the molecule is CC/C=C\C/C=C\C/C=C\CCCCCC(=O)NC(COC1OC(CO)C(OC2OC(CO)C(OC3OC(CO)C(O)C(O)C3O)C(O)C2O)C(O)C1O)C(O)/C=C/CC/C=C/CCCCCCCCCCCCCCCCCCCCCCC. The number of carbonyl (C=O) groups is 1. The van der Waals surface area contributed by atoms with Crippen LogP contribution in [0.5, 0.6) is 0 Å². The number of hydrogen-bond donors (Lipinski definition) is 12. The zero-order chi connectivity index (χ0) is 61.9. The van der Waals surface area contributed by atoms with Gasteiger partial charge >= 0.3 is 0 Å². The third-order valence-corrected chi connectivity index (χ3v) is 16.3. The van der Waals surface area contributed by atoms with Gasteiger partial charge in [0, 0.05) is 6.42 Å². The Balaban J connectivity index is 1.45. The number of ether oxygens (including phenoxy) is 6. The van der Waals surface area contributed by atoms with E-state index in [1.807, 2.05) is 6.08 Å². The van der Waals surface area contributed by atoms with E-state index in [-0.39, 0.29) is 18.9 Å². The van der Waals surface area contributed by atoms with Crippen LogP contribution in [0.15, 0.2) is 60.8 Å². The molecule has 0 saturated carbocycles. The number of rotatable bonds is 49. The van der Waals surface area contributed by atoms with Crippen LogP contribution in [-0.4, -0.2) is 193 Å².